The summed E-state index contributed by atoms with van der Waals surface area (Å²) in [4.78, 5) is 12.2. The Hall–Kier alpha value is -2.43. The Kier molecular flexibility index (Phi) is 5.64. The molecule has 0 unspecified atom stereocenters. The number of hydrogen-bond acceptors (Lipinski definition) is 3. The van der Waals surface area contributed by atoms with Gasteiger partial charge in [-0.1, -0.05) is 35.3 Å². The van der Waals surface area contributed by atoms with Crippen LogP contribution in [-0.4, -0.2) is 5.91 Å². The second-order valence-corrected chi connectivity index (χ2v) is 6.17. The number of carbonyl (C=O) groups is 1. The van der Waals surface area contributed by atoms with Crippen molar-refractivity contribution >= 4 is 29.1 Å². The molecule has 0 aliphatic rings. The maximum absolute atomic E-state index is 12.2. The van der Waals surface area contributed by atoms with Gasteiger partial charge in [0.1, 0.15) is 18.1 Å². The van der Waals surface area contributed by atoms with Crippen molar-refractivity contribution < 1.29 is 13.9 Å². The minimum absolute atomic E-state index is 0.178. The van der Waals surface area contributed by atoms with Crippen molar-refractivity contribution in [1.29, 1.82) is 0 Å². The molecule has 25 heavy (non-hydrogen) atoms. The van der Waals surface area contributed by atoms with E-state index in [9.17, 15) is 4.79 Å². The average molecular weight is 376 g/mol. The standard InChI is InChI=1S/C19H15Cl2NO3/c20-15-6-7-18(17(21)10-15)25-12-13-3-1-4-14(9-13)19(23)22-11-16-5-2-8-24-16/h1-10H,11-12H2,(H,22,23). The quantitative estimate of drug-likeness (QED) is 0.652. The Balaban J connectivity index is 1.61. The fourth-order valence-corrected chi connectivity index (χ4v) is 2.70. The van der Waals surface area contributed by atoms with E-state index < -0.39 is 0 Å². The van der Waals surface area contributed by atoms with E-state index in [4.69, 9.17) is 32.4 Å². The molecule has 0 radical (unpaired) electrons. The van der Waals surface area contributed by atoms with Crippen LogP contribution >= 0.6 is 23.2 Å². The van der Waals surface area contributed by atoms with E-state index in [1.807, 2.05) is 12.1 Å². The van der Waals surface area contributed by atoms with Gasteiger partial charge >= 0.3 is 0 Å². The molecule has 0 bridgehead atoms. The fraction of sp³-hybridized carbons (Fsp3) is 0.105. The van der Waals surface area contributed by atoms with E-state index in [1.54, 1.807) is 48.7 Å². The van der Waals surface area contributed by atoms with E-state index in [1.165, 1.54) is 0 Å². The molecule has 0 saturated heterocycles. The molecule has 0 spiro atoms. The van der Waals surface area contributed by atoms with Crippen molar-refractivity contribution in [2.24, 2.45) is 0 Å². The Morgan fingerprint density at radius 1 is 1.08 bits per heavy atom. The number of hydrogen-bond donors (Lipinski definition) is 1. The predicted octanol–water partition coefficient (Wildman–Crippen LogP) is 5.10. The van der Waals surface area contributed by atoms with Gasteiger partial charge in [0, 0.05) is 10.6 Å². The molecule has 3 aromatic rings. The van der Waals surface area contributed by atoms with Crippen LogP contribution in [0.1, 0.15) is 21.7 Å². The number of nitrogens with one attached hydrogen (secondary N) is 1. The normalized spacial score (nSPS) is 10.5. The molecule has 1 N–H and O–H groups in total. The van der Waals surface area contributed by atoms with Crippen LogP contribution in [0.25, 0.3) is 0 Å². The van der Waals surface area contributed by atoms with Crippen molar-refractivity contribution in [3.63, 3.8) is 0 Å². The summed E-state index contributed by atoms with van der Waals surface area (Å²) < 4.78 is 10.9. The Morgan fingerprint density at radius 2 is 1.96 bits per heavy atom. The van der Waals surface area contributed by atoms with Gasteiger partial charge in [-0.15, -0.1) is 0 Å². The van der Waals surface area contributed by atoms with Crippen molar-refractivity contribution in [3.05, 3.63) is 87.8 Å². The summed E-state index contributed by atoms with van der Waals surface area (Å²) in [5.74, 6) is 1.06. The third kappa shape index (κ3) is 4.78. The first-order valence-electron chi connectivity index (χ1n) is 7.59. The van der Waals surface area contributed by atoms with Crippen LogP contribution in [0.5, 0.6) is 5.75 Å². The highest BCUT2D eigenvalue weighted by atomic mass is 35.5. The van der Waals surface area contributed by atoms with Crippen LogP contribution in [0.4, 0.5) is 0 Å². The SMILES string of the molecule is O=C(NCc1ccco1)c1cccc(COc2ccc(Cl)cc2Cl)c1. The topological polar surface area (TPSA) is 51.5 Å². The molecule has 0 aliphatic heterocycles. The highest BCUT2D eigenvalue weighted by Crippen LogP contribution is 2.28. The fourth-order valence-electron chi connectivity index (χ4n) is 2.24. The van der Waals surface area contributed by atoms with Crippen LogP contribution in [0.15, 0.2) is 65.3 Å². The maximum Gasteiger partial charge on any atom is 0.251 e. The van der Waals surface area contributed by atoms with Gasteiger partial charge in [0.15, 0.2) is 0 Å². The molecule has 4 nitrogen and oxygen atoms in total. The lowest BCUT2D eigenvalue weighted by atomic mass is 10.1. The summed E-state index contributed by atoms with van der Waals surface area (Å²) in [6, 6.07) is 15.8. The summed E-state index contributed by atoms with van der Waals surface area (Å²) in [7, 11) is 0. The molecule has 6 heteroatoms. The molecule has 0 fully saturated rings. The van der Waals surface area contributed by atoms with Crippen LogP contribution < -0.4 is 10.1 Å². The van der Waals surface area contributed by atoms with Gasteiger partial charge in [-0.25, -0.2) is 0 Å². The zero-order chi connectivity index (χ0) is 17.6. The summed E-state index contributed by atoms with van der Waals surface area (Å²) in [6.07, 6.45) is 1.57. The summed E-state index contributed by atoms with van der Waals surface area (Å²) >= 11 is 12.0. The number of rotatable bonds is 6. The minimum atomic E-state index is -0.178. The summed E-state index contributed by atoms with van der Waals surface area (Å²) in [5, 5.41) is 3.80. The molecule has 3 rings (SSSR count). The van der Waals surface area contributed by atoms with Crippen molar-refractivity contribution in [2.45, 2.75) is 13.2 Å². The maximum atomic E-state index is 12.2. The lowest BCUT2D eigenvalue weighted by Crippen LogP contribution is -2.22. The Bertz CT molecular complexity index is 863. The zero-order valence-electron chi connectivity index (χ0n) is 13.2. The van der Waals surface area contributed by atoms with Crippen molar-refractivity contribution in [3.8, 4) is 5.75 Å². The number of carbonyl (C=O) groups excluding carboxylic acids is 1. The van der Waals surface area contributed by atoms with Crippen LogP contribution in [-0.2, 0) is 13.2 Å². The number of halogens is 2. The van der Waals surface area contributed by atoms with Crippen LogP contribution in [0, 0.1) is 0 Å². The largest absolute Gasteiger partial charge is 0.487 e. The number of ether oxygens (including phenoxy) is 1. The highest BCUT2D eigenvalue weighted by molar-refractivity contribution is 6.35. The molecule has 0 aliphatic carbocycles. The molecule has 0 atom stereocenters. The lowest BCUT2D eigenvalue weighted by Gasteiger charge is -2.10. The first kappa shape index (κ1) is 17.4. The molecule has 1 heterocycles. The Morgan fingerprint density at radius 3 is 2.72 bits per heavy atom. The second kappa shape index (κ2) is 8.10. The lowest BCUT2D eigenvalue weighted by molar-refractivity contribution is 0.0948. The molecule has 128 valence electrons. The first-order valence-corrected chi connectivity index (χ1v) is 8.35. The van der Waals surface area contributed by atoms with Gasteiger partial charge in [0.2, 0.25) is 0 Å². The summed E-state index contributed by atoms with van der Waals surface area (Å²) in [6.45, 7) is 0.633. The number of furan rings is 1. The van der Waals surface area contributed by atoms with Gasteiger partial charge in [-0.2, -0.15) is 0 Å². The molecule has 1 amide bonds. The highest BCUT2D eigenvalue weighted by Gasteiger charge is 2.08. The predicted molar refractivity (Wildman–Crippen MR) is 97.1 cm³/mol. The van der Waals surface area contributed by atoms with Crippen LogP contribution in [0.3, 0.4) is 0 Å². The Labute approximate surface area is 155 Å². The van der Waals surface area contributed by atoms with E-state index in [2.05, 4.69) is 5.32 Å². The molecular weight excluding hydrogens is 361 g/mol. The first-order chi connectivity index (χ1) is 12.1. The van der Waals surface area contributed by atoms with E-state index >= 15 is 0 Å². The zero-order valence-corrected chi connectivity index (χ0v) is 14.7. The third-order valence-corrected chi connectivity index (χ3v) is 4.01. The monoisotopic (exact) mass is 375 g/mol. The number of amides is 1. The van der Waals surface area contributed by atoms with E-state index in [0.29, 0.717) is 40.3 Å². The molecular formula is C19H15Cl2NO3. The minimum Gasteiger partial charge on any atom is -0.487 e. The second-order valence-electron chi connectivity index (χ2n) is 5.33. The van der Waals surface area contributed by atoms with E-state index in [-0.39, 0.29) is 5.91 Å². The molecule has 2 aromatic carbocycles. The average Bonchev–Trinajstić information content (AvgIpc) is 3.13. The van der Waals surface area contributed by atoms with Crippen molar-refractivity contribution in [1.82, 2.24) is 5.32 Å². The smallest absolute Gasteiger partial charge is 0.251 e. The molecule has 1 aromatic heterocycles. The van der Waals surface area contributed by atoms with Gasteiger partial charge in [-0.3, -0.25) is 4.79 Å². The van der Waals surface area contributed by atoms with Gasteiger partial charge in [0.25, 0.3) is 5.91 Å². The van der Waals surface area contributed by atoms with Gasteiger partial charge < -0.3 is 14.5 Å². The number of benzene rings is 2. The van der Waals surface area contributed by atoms with Gasteiger partial charge in [0.05, 0.1) is 17.8 Å². The summed E-state index contributed by atoms with van der Waals surface area (Å²) in [5.41, 5.74) is 1.41. The third-order valence-electron chi connectivity index (χ3n) is 3.48. The van der Waals surface area contributed by atoms with Gasteiger partial charge in [-0.05, 0) is 48.0 Å². The van der Waals surface area contributed by atoms with E-state index in [0.717, 1.165) is 5.56 Å². The molecule has 0 saturated carbocycles. The van der Waals surface area contributed by atoms with Crippen molar-refractivity contribution in [2.75, 3.05) is 0 Å². The van der Waals surface area contributed by atoms with Crippen LogP contribution in [0.2, 0.25) is 10.0 Å².